The first kappa shape index (κ1) is 19.6. The van der Waals surface area contributed by atoms with Crippen molar-refractivity contribution < 1.29 is 24.3 Å². The number of amides is 3. The van der Waals surface area contributed by atoms with Crippen LogP contribution < -0.4 is 10.2 Å². The van der Waals surface area contributed by atoms with Crippen LogP contribution in [0.25, 0.3) is 0 Å². The van der Waals surface area contributed by atoms with E-state index in [4.69, 9.17) is 5.11 Å². The fourth-order valence-electron chi connectivity index (χ4n) is 4.10. The number of fused-ring (bicyclic) bond motifs is 1. The number of anilines is 2. The number of nitrogens with one attached hydrogen (secondary N) is 1. The van der Waals surface area contributed by atoms with E-state index in [1.807, 2.05) is 19.1 Å². The zero-order valence-corrected chi connectivity index (χ0v) is 16.2. The molecule has 152 valence electrons. The molecule has 30 heavy (non-hydrogen) atoms. The third kappa shape index (κ3) is 3.39. The first-order chi connectivity index (χ1) is 14.4. The summed E-state index contributed by atoms with van der Waals surface area (Å²) in [6.45, 7) is 1.94. The van der Waals surface area contributed by atoms with E-state index in [0.29, 0.717) is 23.4 Å². The summed E-state index contributed by atoms with van der Waals surface area (Å²) in [7, 11) is 0. The third-order valence-electron chi connectivity index (χ3n) is 5.63. The minimum absolute atomic E-state index is 0.0109. The molecule has 0 saturated carbocycles. The molecule has 0 unspecified atom stereocenters. The Kier molecular flexibility index (Phi) is 4.95. The van der Waals surface area contributed by atoms with Gasteiger partial charge in [0.15, 0.2) is 0 Å². The van der Waals surface area contributed by atoms with Crippen molar-refractivity contribution in [3.8, 4) is 0 Å². The smallest absolute Gasteiger partial charge is 0.335 e. The zero-order valence-electron chi connectivity index (χ0n) is 16.2. The summed E-state index contributed by atoms with van der Waals surface area (Å²) in [5.41, 5.74) is 1.20. The zero-order chi connectivity index (χ0) is 21.4. The number of allylic oxidation sites excluding steroid dienone is 2. The largest absolute Gasteiger partial charge is 0.478 e. The highest BCUT2D eigenvalue weighted by Crippen LogP contribution is 2.40. The van der Waals surface area contributed by atoms with E-state index in [9.17, 15) is 19.2 Å². The average molecular weight is 404 g/mol. The van der Waals surface area contributed by atoms with Crippen LogP contribution in [0.1, 0.15) is 34.1 Å². The minimum atomic E-state index is -1.08. The van der Waals surface area contributed by atoms with Crippen molar-refractivity contribution in [3.05, 3.63) is 71.8 Å². The second kappa shape index (κ2) is 7.59. The van der Waals surface area contributed by atoms with Crippen molar-refractivity contribution in [2.45, 2.75) is 13.3 Å². The Bertz CT molecular complexity index is 1070. The van der Waals surface area contributed by atoms with Crippen molar-refractivity contribution in [1.82, 2.24) is 0 Å². The van der Waals surface area contributed by atoms with Gasteiger partial charge in [-0.15, -0.1) is 0 Å². The summed E-state index contributed by atoms with van der Waals surface area (Å²) < 4.78 is 0. The van der Waals surface area contributed by atoms with Gasteiger partial charge in [-0.05, 0) is 54.8 Å². The van der Waals surface area contributed by atoms with Crippen LogP contribution in [0.4, 0.5) is 11.4 Å². The van der Waals surface area contributed by atoms with Crippen LogP contribution in [0.15, 0.2) is 60.7 Å². The molecule has 0 bridgehead atoms. The number of hydrogen-bond donors (Lipinski definition) is 2. The van der Waals surface area contributed by atoms with E-state index in [1.54, 1.807) is 24.3 Å². The first-order valence-corrected chi connectivity index (χ1v) is 9.66. The molecule has 3 amide bonds. The summed E-state index contributed by atoms with van der Waals surface area (Å²) >= 11 is 0. The maximum atomic E-state index is 12.9. The van der Waals surface area contributed by atoms with Crippen molar-refractivity contribution in [2.75, 3.05) is 10.2 Å². The molecule has 2 aromatic rings. The monoisotopic (exact) mass is 404 g/mol. The Balaban J connectivity index is 1.51. The highest BCUT2D eigenvalue weighted by molar-refractivity contribution is 6.22. The number of benzene rings is 2. The minimum Gasteiger partial charge on any atom is -0.478 e. The molecule has 0 aromatic heterocycles. The predicted octanol–water partition coefficient (Wildman–Crippen LogP) is 3.34. The number of carboxylic acids is 1. The molecule has 1 heterocycles. The molecule has 2 N–H and O–H groups in total. The molecule has 3 atom stereocenters. The van der Waals surface area contributed by atoms with Gasteiger partial charge < -0.3 is 10.4 Å². The van der Waals surface area contributed by atoms with Crippen molar-refractivity contribution in [2.24, 2.45) is 17.8 Å². The molecule has 1 saturated heterocycles. The fraction of sp³-hybridized carbons (Fsp3) is 0.217. The number of aromatic carboxylic acids is 1. The molecule has 2 aromatic carbocycles. The Morgan fingerprint density at radius 1 is 1.03 bits per heavy atom. The van der Waals surface area contributed by atoms with Gasteiger partial charge in [0.1, 0.15) is 0 Å². The Labute approximate surface area is 173 Å². The standard InChI is InChI=1S/C23H20N2O5/c1-13-4-2-7-18-19(13)22(28)25(21(18)27)17-10-8-14(9-11-17)20(26)24-16-6-3-5-15(12-16)23(29)30/h2-6,8-13,18-19H,7H2,1H3,(H,24,26)(H,29,30)/t13-,18-,19+/m1/s1. The van der Waals surface area contributed by atoms with Gasteiger partial charge in [0.05, 0.1) is 23.1 Å². The number of rotatable bonds is 4. The Morgan fingerprint density at radius 2 is 1.77 bits per heavy atom. The van der Waals surface area contributed by atoms with Crippen molar-refractivity contribution in [1.29, 1.82) is 0 Å². The van der Waals surface area contributed by atoms with E-state index < -0.39 is 11.9 Å². The molecule has 7 nitrogen and oxygen atoms in total. The van der Waals surface area contributed by atoms with Gasteiger partial charge in [0.25, 0.3) is 5.91 Å². The summed E-state index contributed by atoms with van der Waals surface area (Å²) in [6.07, 6.45) is 4.49. The lowest BCUT2D eigenvalue weighted by Gasteiger charge is -2.22. The van der Waals surface area contributed by atoms with E-state index in [2.05, 4.69) is 5.32 Å². The van der Waals surface area contributed by atoms with Crippen molar-refractivity contribution >= 4 is 35.1 Å². The molecule has 1 fully saturated rings. The summed E-state index contributed by atoms with van der Waals surface area (Å²) in [4.78, 5) is 50.4. The SMILES string of the molecule is C[C@@H]1C=CC[C@H]2C(=O)N(c3ccc(C(=O)Nc4cccc(C(=O)O)c4)cc3)C(=O)[C@@H]12. The highest BCUT2D eigenvalue weighted by Gasteiger charge is 2.50. The van der Waals surface area contributed by atoms with Crippen LogP contribution in [-0.2, 0) is 9.59 Å². The lowest BCUT2D eigenvalue weighted by atomic mass is 9.78. The second-order valence-corrected chi connectivity index (χ2v) is 7.55. The number of hydrogen-bond acceptors (Lipinski definition) is 4. The summed E-state index contributed by atoms with van der Waals surface area (Å²) in [5, 5.41) is 11.7. The van der Waals surface area contributed by atoms with Crippen molar-refractivity contribution in [3.63, 3.8) is 0 Å². The van der Waals surface area contributed by atoms with E-state index in [-0.39, 0.29) is 35.1 Å². The molecule has 1 aliphatic carbocycles. The van der Waals surface area contributed by atoms with Gasteiger partial charge in [-0.2, -0.15) is 0 Å². The molecule has 4 rings (SSSR count). The Hall–Kier alpha value is -3.74. The third-order valence-corrected chi connectivity index (χ3v) is 5.63. The van der Waals surface area contributed by atoms with Gasteiger partial charge in [-0.3, -0.25) is 19.3 Å². The van der Waals surface area contributed by atoms with Gasteiger partial charge in [-0.25, -0.2) is 4.79 Å². The maximum absolute atomic E-state index is 12.9. The van der Waals surface area contributed by atoms with Gasteiger partial charge >= 0.3 is 5.97 Å². The lowest BCUT2D eigenvalue weighted by molar-refractivity contribution is -0.122. The number of carbonyl (C=O) groups is 4. The normalized spacial score (nSPS) is 22.7. The second-order valence-electron chi connectivity index (χ2n) is 7.55. The predicted molar refractivity (Wildman–Crippen MR) is 110 cm³/mol. The number of imide groups is 1. The van der Waals surface area contributed by atoms with Crippen LogP contribution in [-0.4, -0.2) is 28.8 Å². The maximum Gasteiger partial charge on any atom is 0.335 e. The van der Waals surface area contributed by atoms with Gasteiger partial charge in [0, 0.05) is 11.3 Å². The lowest BCUT2D eigenvalue weighted by Crippen LogP contribution is -2.31. The molecule has 7 heteroatoms. The molecular formula is C23H20N2O5. The Morgan fingerprint density at radius 3 is 2.43 bits per heavy atom. The van der Waals surface area contributed by atoms with Crippen LogP contribution in [0.2, 0.25) is 0 Å². The van der Waals surface area contributed by atoms with Gasteiger partial charge in [0.2, 0.25) is 11.8 Å². The highest BCUT2D eigenvalue weighted by atomic mass is 16.4. The first-order valence-electron chi connectivity index (χ1n) is 9.66. The van der Waals surface area contributed by atoms with Gasteiger partial charge in [-0.1, -0.05) is 25.1 Å². The van der Waals surface area contributed by atoms with Crippen LogP contribution >= 0.6 is 0 Å². The molecule has 0 spiro atoms. The molecule has 2 aliphatic rings. The molecule has 0 radical (unpaired) electrons. The average Bonchev–Trinajstić information content (AvgIpc) is 2.99. The number of carbonyl (C=O) groups excluding carboxylic acids is 3. The molecule has 1 aliphatic heterocycles. The van der Waals surface area contributed by atoms with Crippen LogP contribution in [0.3, 0.4) is 0 Å². The fourth-order valence-corrected chi connectivity index (χ4v) is 4.10. The number of nitrogens with zero attached hydrogens (tertiary/aromatic N) is 1. The van der Waals surface area contributed by atoms with Crippen LogP contribution in [0.5, 0.6) is 0 Å². The number of carboxylic acid groups (broad SMARTS) is 1. The van der Waals surface area contributed by atoms with Crippen LogP contribution in [0, 0.1) is 17.8 Å². The van der Waals surface area contributed by atoms with E-state index >= 15 is 0 Å². The summed E-state index contributed by atoms with van der Waals surface area (Å²) in [6, 6.07) is 12.2. The quantitative estimate of drug-likeness (QED) is 0.601. The topological polar surface area (TPSA) is 104 Å². The van der Waals surface area contributed by atoms with E-state index in [1.165, 1.54) is 29.2 Å². The van der Waals surface area contributed by atoms with E-state index in [0.717, 1.165) is 0 Å². The summed E-state index contributed by atoms with van der Waals surface area (Å²) in [5.74, 6) is -2.57. The molecular weight excluding hydrogens is 384 g/mol.